The van der Waals surface area contributed by atoms with Crippen molar-refractivity contribution >= 4 is 27.3 Å². The minimum absolute atomic E-state index is 0.0143. The highest BCUT2D eigenvalue weighted by atomic mass is 32.1. The van der Waals surface area contributed by atoms with Gasteiger partial charge < -0.3 is 30.0 Å². The van der Waals surface area contributed by atoms with Gasteiger partial charge in [0.15, 0.2) is 11.6 Å². The van der Waals surface area contributed by atoms with Crippen molar-refractivity contribution in [2.75, 3.05) is 52.7 Å². The molecule has 3 N–H and O–H groups in total. The van der Waals surface area contributed by atoms with Gasteiger partial charge in [0, 0.05) is 51.1 Å². The summed E-state index contributed by atoms with van der Waals surface area (Å²) in [5.41, 5.74) is 9.70. The van der Waals surface area contributed by atoms with E-state index in [2.05, 4.69) is 15.3 Å². The molecule has 12 heteroatoms. The van der Waals surface area contributed by atoms with Gasteiger partial charge in [0.25, 0.3) is 0 Å². The van der Waals surface area contributed by atoms with Gasteiger partial charge in [-0.15, -0.1) is 11.3 Å². The first-order chi connectivity index (χ1) is 24.9. The Labute approximate surface area is 301 Å². The van der Waals surface area contributed by atoms with Crippen molar-refractivity contribution in [2.45, 2.75) is 39.2 Å². The van der Waals surface area contributed by atoms with Gasteiger partial charge in [-0.25, -0.2) is 8.78 Å². The third-order valence-corrected chi connectivity index (χ3v) is 9.03. The van der Waals surface area contributed by atoms with E-state index in [-0.39, 0.29) is 24.4 Å². The molecular weight excluding hydrogens is 675 g/mol. The Morgan fingerprint density at radius 3 is 2.31 bits per heavy atom. The second-order valence-corrected chi connectivity index (χ2v) is 13.1. The van der Waals surface area contributed by atoms with Gasteiger partial charge in [0.05, 0.1) is 47.2 Å². The van der Waals surface area contributed by atoms with Crippen LogP contribution in [0, 0.1) is 18.6 Å². The van der Waals surface area contributed by atoms with E-state index in [1.807, 2.05) is 31.3 Å². The predicted octanol–water partition coefficient (Wildman–Crippen LogP) is 6.97. The van der Waals surface area contributed by atoms with Gasteiger partial charge in [-0.1, -0.05) is 29.8 Å². The number of nitrogens with two attached hydrogens (primary N) is 1. The monoisotopic (exact) mass is 718 g/mol. The minimum atomic E-state index is -0.594. The number of ketones is 1. The summed E-state index contributed by atoms with van der Waals surface area (Å²) in [6.45, 7) is 7.55. The van der Waals surface area contributed by atoms with E-state index in [4.69, 9.17) is 24.7 Å². The SMILES string of the molecule is Cc1ccc(F)c(CC(=O)Cc2ccc(Oc3ccnc4cc(-c5ccc(CNCCCOCCOCCOCCCN)cn5)sc34)c(F)c2)c1. The molecule has 0 amide bonds. The molecule has 0 aliphatic rings. The predicted molar refractivity (Wildman–Crippen MR) is 195 cm³/mol. The van der Waals surface area contributed by atoms with Gasteiger partial charge in [-0.3, -0.25) is 14.8 Å². The maximum atomic E-state index is 15.2. The molecule has 0 aliphatic carbocycles. The summed E-state index contributed by atoms with van der Waals surface area (Å²) in [6.07, 6.45) is 5.15. The van der Waals surface area contributed by atoms with Crippen molar-refractivity contribution in [1.82, 2.24) is 15.3 Å². The number of thiophene rings is 1. The number of benzene rings is 2. The molecule has 270 valence electrons. The van der Waals surface area contributed by atoms with E-state index in [0.717, 1.165) is 45.8 Å². The Bertz CT molecular complexity index is 1850. The van der Waals surface area contributed by atoms with Crippen LogP contribution in [-0.4, -0.2) is 68.5 Å². The Kier molecular flexibility index (Phi) is 14.9. The van der Waals surface area contributed by atoms with Gasteiger partial charge in [-0.05, 0) is 79.9 Å². The van der Waals surface area contributed by atoms with Gasteiger partial charge >= 0.3 is 0 Å². The number of carbonyl (C=O) groups is 1. The summed E-state index contributed by atoms with van der Waals surface area (Å²) in [6, 6.07) is 16.8. The highest BCUT2D eigenvalue weighted by Gasteiger charge is 2.15. The second kappa shape index (κ2) is 20.0. The van der Waals surface area contributed by atoms with Crippen LogP contribution in [0.5, 0.6) is 11.5 Å². The molecule has 0 aliphatic heterocycles. The summed E-state index contributed by atoms with van der Waals surface area (Å²) in [7, 11) is 0. The van der Waals surface area contributed by atoms with Crippen LogP contribution in [0.25, 0.3) is 20.8 Å². The molecule has 2 aromatic carbocycles. The molecule has 0 atom stereocenters. The fraction of sp³-hybridized carbons (Fsp3) is 0.359. The number of Topliss-reactive ketones (excluding diaryl/α,β-unsaturated/α-hetero) is 1. The summed E-state index contributed by atoms with van der Waals surface area (Å²) in [5.74, 6) is -0.722. The smallest absolute Gasteiger partial charge is 0.166 e. The van der Waals surface area contributed by atoms with Crippen LogP contribution < -0.4 is 15.8 Å². The first-order valence-electron chi connectivity index (χ1n) is 17.1. The average Bonchev–Trinajstić information content (AvgIpc) is 3.57. The molecular formula is C39H44F2N4O5S. The lowest BCUT2D eigenvalue weighted by Gasteiger charge is -2.09. The van der Waals surface area contributed by atoms with Crippen LogP contribution in [0.4, 0.5) is 8.78 Å². The van der Waals surface area contributed by atoms with Crippen molar-refractivity contribution in [2.24, 2.45) is 5.73 Å². The molecule has 0 spiro atoms. The number of aryl methyl sites for hydroxylation is 1. The van der Waals surface area contributed by atoms with Crippen LogP contribution in [0.1, 0.15) is 35.1 Å². The van der Waals surface area contributed by atoms with Crippen molar-refractivity contribution in [3.05, 3.63) is 107 Å². The first-order valence-corrected chi connectivity index (χ1v) is 17.9. The molecule has 51 heavy (non-hydrogen) atoms. The molecule has 5 rings (SSSR count). The molecule has 0 radical (unpaired) electrons. The summed E-state index contributed by atoms with van der Waals surface area (Å²) in [4.78, 5) is 22.7. The standard InChI is InChI=1S/C39H44F2N4O5S/c1-27-4-7-32(40)30(20-27)23-31(46)21-28-6-9-36(33(41)22-28)50-37-10-13-44-35-24-38(51-39(35)37)34-8-5-29(26-45-34)25-43-12-3-15-48-17-19-49-18-16-47-14-2-11-42/h4-10,13,20,22,24,26,43H,2-3,11-12,14-19,21,23,25,42H2,1H3. The molecule has 0 unspecified atom stereocenters. The maximum absolute atomic E-state index is 15.2. The third kappa shape index (κ3) is 12.0. The quantitative estimate of drug-likeness (QED) is 0.0732. The highest BCUT2D eigenvalue weighted by Crippen LogP contribution is 2.39. The number of nitrogens with zero attached hydrogens (tertiary/aromatic N) is 2. The van der Waals surface area contributed by atoms with Crippen molar-refractivity contribution in [3.63, 3.8) is 0 Å². The second-order valence-electron chi connectivity index (χ2n) is 12.0. The lowest BCUT2D eigenvalue weighted by Crippen LogP contribution is -2.17. The van der Waals surface area contributed by atoms with E-state index in [1.165, 1.54) is 29.5 Å². The van der Waals surface area contributed by atoms with Crippen molar-refractivity contribution in [1.29, 1.82) is 0 Å². The number of rotatable bonds is 22. The lowest BCUT2D eigenvalue weighted by molar-refractivity contribution is -0.117. The van der Waals surface area contributed by atoms with Gasteiger partial charge in [0.2, 0.25) is 0 Å². The Hall–Kier alpha value is -4.17. The van der Waals surface area contributed by atoms with E-state index in [1.54, 1.807) is 30.5 Å². The topological polar surface area (TPSA) is 118 Å². The largest absolute Gasteiger partial charge is 0.453 e. The average molecular weight is 719 g/mol. The fourth-order valence-electron chi connectivity index (χ4n) is 5.25. The number of nitrogens with one attached hydrogen (secondary N) is 1. The van der Waals surface area contributed by atoms with Gasteiger partial charge in [-0.2, -0.15) is 0 Å². The molecule has 3 aromatic heterocycles. The van der Waals surface area contributed by atoms with Crippen LogP contribution in [0.15, 0.2) is 73.1 Å². The third-order valence-electron chi connectivity index (χ3n) is 7.87. The van der Waals surface area contributed by atoms with Gasteiger partial charge in [0.1, 0.15) is 17.3 Å². The van der Waals surface area contributed by atoms with Crippen molar-refractivity contribution in [3.8, 4) is 22.1 Å². The van der Waals surface area contributed by atoms with E-state index in [9.17, 15) is 9.18 Å². The van der Waals surface area contributed by atoms with Crippen LogP contribution in [0.2, 0.25) is 0 Å². The summed E-state index contributed by atoms with van der Waals surface area (Å²) in [5, 5.41) is 3.42. The van der Waals surface area contributed by atoms with E-state index >= 15 is 4.39 Å². The van der Waals surface area contributed by atoms with Crippen molar-refractivity contribution < 1.29 is 32.5 Å². The Morgan fingerprint density at radius 1 is 0.804 bits per heavy atom. The highest BCUT2D eigenvalue weighted by molar-refractivity contribution is 7.22. The molecule has 5 aromatic rings. The molecule has 9 nitrogen and oxygen atoms in total. The fourth-order valence-corrected chi connectivity index (χ4v) is 6.29. The Morgan fingerprint density at radius 2 is 1.57 bits per heavy atom. The molecule has 0 bridgehead atoms. The number of carbonyl (C=O) groups excluding carboxylic acids is 1. The number of hydrogen-bond donors (Lipinski definition) is 2. The maximum Gasteiger partial charge on any atom is 0.166 e. The molecule has 0 saturated heterocycles. The molecule has 3 heterocycles. The first kappa shape index (κ1) is 38.1. The summed E-state index contributed by atoms with van der Waals surface area (Å²) >= 11 is 1.46. The zero-order valence-electron chi connectivity index (χ0n) is 28.8. The number of pyridine rings is 2. The van der Waals surface area contributed by atoms with Crippen LogP contribution in [0.3, 0.4) is 0 Å². The summed E-state index contributed by atoms with van der Waals surface area (Å²) < 4.78 is 52.5. The van der Waals surface area contributed by atoms with E-state index < -0.39 is 11.6 Å². The molecule has 0 fully saturated rings. The Balaban J connectivity index is 1.06. The minimum Gasteiger partial charge on any atom is -0.453 e. The lowest BCUT2D eigenvalue weighted by atomic mass is 10.0. The zero-order valence-corrected chi connectivity index (χ0v) is 29.6. The van der Waals surface area contributed by atoms with E-state index in [0.29, 0.717) is 75.1 Å². The number of hydrogen-bond acceptors (Lipinski definition) is 10. The number of ether oxygens (including phenoxy) is 4. The zero-order chi connectivity index (χ0) is 35.8. The van der Waals surface area contributed by atoms with Crippen LogP contribution >= 0.6 is 11.3 Å². The number of halogens is 2. The molecule has 0 saturated carbocycles. The number of aromatic nitrogens is 2. The number of fused-ring (bicyclic) bond motifs is 1. The normalized spacial score (nSPS) is 11.4. The van der Waals surface area contributed by atoms with Crippen LogP contribution in [-0.2, 0) is 38.4 Å².